The maximum absolute atomic E-state index is 14.3. The summed E-state index contributed by atoms with van der Waals surface area (Å²) >= 11 is 0. The molecular weight excluding hydrogens is 473 g/mol. The molecule has 1 aromatic heterocycles. The molecule has 3 aromatic carbocycles. The number of anilines is 1. The predicted octanol–water partition coefficient (Wildman–Crippen LogP) is 5.77. The van der Waals surface area contributed by atoms with E-state index in [1.165, 1.54) is 10.4 Å². The summed E-state index contributed by atoms with van der Waals surface area (Å²) < 4.78 is 43.2. The van der Waals surface area contributed by atoms with E-state index in [9.17, 15) is 12.8 Å². The molecule has 1 heterocycles. The normalized spacial score (nSPS) is 19.2. The number of hydrogen-bond acceptors (Lipinski definition) is 3. The Hall–Kier alpha value is -3.71. The number of aromatic amines is 1. The zero-order valence-electron chi connectivity index (χ0n) is 19.9. The van der Waals surface area contributed by atoms with Crippen molar-refractivity contribution in [3.63, 3.8) is 0 Å². The van der Waals surface area contributed by atoms with Crippen molar-refractivity contribution in [3.05, 3.63) is 119 Å². The number of sulfonamides is 1. The fourth-order valence-corrected chi connectivity index (χ4v) is 6.78. The number of nitrogens with one attached hydrogen (secondary N) is 1. The second-order valence-corrected chi connectivity index (χ2v) is 11.5. The van der Waals surface area contributed by atoms with Crippen molar-refractivity contribution in [1.82, 2.24) is 10.2 Å². The Kier molecular flexibility index (Phi) is 5.34. The highest BCUT2D eigenvalue weighted by atomic mass is 32.2. The number of nitrogens with zero attached hydrogens (tertiary/aromatic N) is 2. The van der Waals surface area contributed by atoms with Crippen LogP contribution in [0.5, 0.6) is 0 Å². The molecule has 5 nitrogen and oxygen atoms in total. The van der Waals surface area contributed by atoms with E-state index in [2.05, 4.69) is 16.3 Å². The number of hydrogen-bond donors (Lipinski definition) is 1. The molecule has 2 aliphatic carbocycles. The minimum absolute atomic E-state index is 0.110. The highest BCUT2D eigenvalue weighted by Gasteiger charge is 2.43. The van der Waals surface area contributed by atoms with E-state index in [1.54, 1.807) is 24.3 Å². The van der Waals surface area contributed by atoms with Gasteiger partial charge < -0.3 is 0 Å². The summed E-state index contributed by atoms with van der Waals surface area (Å²) in [5.74, 6) is 0.127. The Morgan fingerprint density at radius 2 is 1.69 bits per heavy atom. The predicted molar refractivity (Wildman–Crippen MR) is 139 cm³/mol. The number of benzene rings is 3. The van der Waals surface area contributed by atoms with E-state index in [1.807, 2.05) is 61.5 Å². The van der Waals surface area contributed by atoms with Crippen molar-refractivity contribution in [2.45, 2.75) is 42.5 Å². The molecule has 1 unspecified atom stereocenters. The van der Waals surface area contributed by atoms with E-state index >= 15 is 0 Å². The smallest absolute Gasteiger partial charge is 0.265 e. The number of allylic oxidation sites excluding steroid dienone is 1. The van der Waals surface area contributed by atoms with Gasteiger partial charge in [-0.3, -0.25) is 5.10 Å². The molecule has 1 N–H and O–H groups in total. The van der Waals surface area contributed by atoms with Gasteiger partial charge in [0.25, 0.3) is 10.0 Å². The lowest BCUT2D eigenvalue weighted by molar-refractivity contribution is 0.589. The molecule has 4 aromatic rings. The van der Waals surface area contributed by atoms with Gasteiger partial charge in [-0.15, -0.1) is 0 Å². The molecule has 0 bridgehead atoms. The van der Waals surface area contributed by atoms with E-state index in [0.29, 0.717) is 12.2 Å². The third kappa shape index (κ3) is 3.75. The molecule has 0 radical (unpaired) electrons. The summed E-state index contributed by atoms with van der Waals surface area (Å²) in [6.45, 7) is 1.93. The van der Waals surface area contributed by atoms with Crippen LogP contribution in [-0.4, -0.2) is 24.7 Å². The summed E-state index contributed by atoms with van der Waals surface area (Å²) in [6, 6.07) is 23.5. The third-order valence-corrected chi connectivity index (χ3v) is 9.00. The molecule has 1 fully saturated rings. The fraction of sp³-hybridized carbons (Fsp3) is 0.207. The van der Waals surface area contributed by atoms with E-state index < -0.39 is 15.4 Å². The second-order valence-electron chi connectivity index (χ2n) is 9.64. The van der Waals surface area contributed by atoms with E-state index in [-0.39, 0.29) is 16.8 Å². The van der Waals surface area contributed by atoms with Crippen LogP contribution >= 0.6 is 0 Å². The summed E-state index contributed by atoms with van der Waals surface area (Å²) in [5.41, 5.74) is 3.84. The van der Waals surface area contributed by atoms with Crippen LogP contribution in [0.3, 0.4) is 0 Å². The van der Waals surface area contributed by atoms with E-state index in [0.717, 1.165) is 40.8 Å². The van der Waals surface area contributed by atoms with Gasteiger partial charge in [-0.25, -0.2) is 17.1 Å². The number of fused-ring (bicyclic) bond motifs is 1. The zero-order valence-corrected chi connectivity index (χ0v) is 20.7. The summed E-state index contributed by atoms with van der Waals surface area (Å²) in [4.78, 5) is 0.259. The first-order valence-electron chi connectivity index (χ1n) is 12.1. The van der Waals surface area contributed by atoms with Crippen LogP contribution in [0.1, 0.15) is 40.8 Å². The Bertz CT molecular complexity index is 1560. The molecule has 1 atom stereocenters. The molecule has 0 amide bonds. The van der Waals surface area contributed by atoms with Crippen LogP contribution in [0.4, 0.5) is 10.2 Å². The van der Waals surface area contributed by atoms with Gasteiger partial charge in [-0.2, -0.15) is 5.10 Å². The van der Waals surface area contributed by atoms with Gasteiger partial charge in [-0.1, -0.05) is 72.3 Å². The molecule has 1 saturated carbocycles. The Labute approximate surface area is 210 Å². The van der Waals surface area contributed by atoms with Crippen LogP contribution in [0.2, 0.25) is 0 Å². The lowest BCUT2D eigenvalue weighted by atomic mass is 9.68. The van der Waals surface area contributed by atoms with Gasteiger partial charge in [0.05, 0.1) is 4.90 Å². The number of rotatable bonds is 6. The minimum Gasteiger partial charge on any atom is -0.280 e. The highest BCUT2D eigenvalue weighted by Crippen LogP contribution is 2.45. The second kappa shape index (κ2) is 8.45. The van der Waals surface area contributed by atoms with Gasteiger partial charge in [0.1, 0.15) is 5.82 Å². The lowest BCUT2D eigenvalue weighted by Gasteiger charge is -2.34. The fourth-order valence-electron chi connectivity index (χ4n) is 5.10. The molecule has 7 heteroatoms. The van der Waals surface area contributed by atoms with Crippen molar-refractivity contribution in [2.75, 3.05) is 4.31 Å². The number of aromatic nitrogens is 2. The first kappa shape index (κ1) is 22.7. The summed E-state index contributed by atoms with van der Waals surface area (Å²) in [6.07, 6.45) is 6.10. The molecule has 0 aliphatic heterocycles. The topological polar surface area (TPSA) is 66.1 Å². The Morgan fingerprint density at radius 3 is 2.39 bits per heavy atom. The molecule has 6 rings (SSSR count). The first-order chi connectivity index (χ1) is 17.4. The first-order valence-corrected chi connectivity index (χ1v) is 13.5. The van der Waals surface area contributed by atoms with Crippen molar-refractivity contribution in [3.8, 4) is 0 Å². The standard InChI is InChI=1S/C29H26FN3O2S/c1-20-10-14-25(15-11-20)36(34,35)33(24-12-13-24)28-26-16-17-29(19-27(26)31-32-28,21-6-3-2-4-7-21)22-8-5-9-23(30)18-22/h2-11,14-18,24H,12-13,19H2,1H3,(H,31,32). The minimum atomic E-state index is -3.78. The molecular formula is C29H26FN3O2S. The monoisotopic (exact) mass is 499 g/mol. The van der Waals surface area contributed by atoms with Crippen LogP contribution in [0.15, 0.2) is 89.8 Å². The zero-order chi connectivity index (χ0) is 24.9. The van der Waals surface area contributed by atoms with Crippen molar-refractivity contribution in [2.24, 2.45) is 0 Å². The maximum atomic E-state index is 14.3. The number of halogens is 1. The molecule has 0 spiro atoms. The SMILES string of the molecule is Cc1ccc(S(=O)(=O)N(c2n[nH]c3c2C=CC(c2ccccc2)(c2cccc(F)c2)C3)C2CC2)cc1. The third-order valence-electron chi connectivity index (χ3n) is 7.15. The van der Waals surface area contributed by atoms with Crippen LogP contribution in [-0.2, 0) is 21.9 Å². The van der Waals surface area contributed by atoms with Gasteiger partial charge in [-0.05, 0) is 55.2 Å². The molecule has 0 saturated heterocycles. The van der Waals surface area contributed by atoms with Gasteiger partial charge >= 0.3 is 0 Å². The van der Waals surface area contributed by atoms with Gasteiger partial charge in [0.2, 0.25) is 0 Å². The van der Waals surface area contributed by atoms with Crippen molar-refractivity contribution in [1.29, 1.82) is 0 Å². The summed E-state index contributed by atoms with van der Waals surface area (Å²) in [7, 11) is -3.78. The Morgan fingerprint density at radius 1 is 0.972 bits per heavy atom. The van der Waals surface area contributed by atoms with Crippen molar-refractivity contribution < 1.29 is 12.8 Å². The van der Waals surface area contributed by atoms with Crippen LogP contribution < -0.4 is 4.31 Å². The van der Waals surface area contributed by atoms with Gasteiger partial charge in [0, 0.05) is 29.1 Å². The lowest BCUT2D eigenvalue weighted by Crippen LogP contribution is -2.34. The summed E-state index contributed by atoms with van der Waals surface area (Å²) in [5, 5.41) is 7.67. The average molecular weight is 500 g/mol. The maximum Gasteiger partial charge on any atom is 0.265 e. The number of aryl methyl sites for hydroxylation is 1. The Balaban J connectivity index is 1.46. The molecule has 182 valence electrons. The van der Waals surface area contributed by atoms with Crippen molar-refractivity contribution >= 4 is 21.9 Å². The number of H-pyrrole nitrogens is 1. The average Bonchev–Trinajstić information content (AvgIpc) is 3.64. The van der Waals surface area contributed by atoms with Crippen LogP contribution in [0.25, 0.3) is 6.08 Å². The highest BCUT2D eigenvalue weighted by molar-refractivity contribution is 7.92. The quantitative estimate of drug-likeness (QED) is 0.366. The van der Waals surface area contributed by atoms with Gasteiger partial charge in [0.15, 0.2) is 5.82 Å². The molecule has 36 heavy (non-hydrogen) atoms. The van der Waals surface area contributed by atoms with E-state index in [4.69, 9.17) is 0 Å². The molecule has 2 aliphatic rings. The van der Waals surface area contributed by atoms with Crippen LogP contribution in [0, 0.1) is 12.7 Å². The largest absolute Gasteiger partial charge is 0.280 e.